The van der Waals surface area contributed by atoms with E-state index in [1.54, 1.807) is 17.2 Å². The minimum absolute atomic E-state index is 0.0614. The number of anilines is 2. The zero-order chi connectivity index (χ0) is 18.4. The van der Waals surface area contributed by atoms with Gasteiger partial charge in [-0.1, -0.05) is 0 Å². The Labute approximate surface area is 146 Å². The molecule has 1 aliphatic heterocycles. The van der Waals surface area contributed by atoms with Gasteiger partial charge in [0.2, 0.25) is 0 Å². The van der Waals surface area contributed by atoms with Crippen molar-refractivity contribution in [3.63, 3.8) is 0 Å². The van der Waals surface area contributed by atoms with Crippen molar-refractivity contribution in [2.24, 2.45) is 0 Å². The number of aliphatic hydroxyl groups excluding tert-OH is 1. The molecule has 2 atom stereocenters. The van der Waals surface area contributed by atoms with Crippen LogP contribution in [0.25, 0.3) is 5.65 Å². The van der Waals surface area contributed by atoms with Crippen LogP contribution in [0.3, 0.4) is 0 Å². The number of fused-ring (bicyclic) bond motifs is 1. The lowest BCUT2D eigenvalue weighted by Gasteiger charge is -2.26. The summed E-state index contributed by atoms with van der Waals surface area (Å²) in [4.78, 5) is 6.10. The van der Waals surface area contributed by atoms with E-state index in [0.717, 1.165) is 18.2 Å². The highest BCUT2D eigenvalue weighted by atomic mass is 19.1. The fourth-order valence-corrected chi connectivity index (χ4v) is 3.34. The number of benzene rings is 1. The Morgan fingerprint density at radius 2 is 2.12 bits per heavy atom. The topological polar surface area (TPSA) is 103 Å². The molecule has 0 saturated carbocycles. The first kappa shape index (κ1) is 16.2. The number of halogens is 2. The van der Waals surface area contributed by atoms with E-state index in [4.69, 9.17) is 5.73 Å². The number of nitrogens with zero attached hydrogens (tertiary/aromatic N) is 5. The molecule has 9 heteroatoms. The van der Waals surface area contributed by atoms with Crippen molar-refractivity contribution in [2.75, 3.05) is 17.2 Å². The lowest BCUT2D eigenvalue weighted by molar-refractivity contribution is 0.194. The van der Waals surface area contributed by atoms with Crippen LogP contribution < -0.4 is 10.6 Å². The number of rotatable bonds is 2. The number of nitrogen functional groups attached to an aromatic ring is 1. The van der Waals surface area contributed by atoms with E-state index in [0.29, 0.717) is 5.82 Å². The normalized spacial score (nSPS) is 19.8. The first-order chi connectivity index (χ1) is 12.5. The molecule has 132 valence electrons. The number of β-amino-alcohol motifs (C(OH)–C–C–N with tert-alkyl or cyclic N) is 1. The Balaban J connectivity index is 1.81. The Kier molecular flexibility index (Phi) is 3.70. The van der Waals surface area contributed by atoms with Gasteiger partial charge in [-0.2, -0.15) is 5.26 Å². The molecule has 0 aliphatic carbocycles. The van der Waals surface area contributed by atoms with E-state index < -0.39 is 23.8 Å². The van der Waals surface area contributed by atoms with Gasteiger partial charge in [0.1, 0.15) is 29.1 Å². The largest absolute Gasteiger partial charge is 0.391 e. The van der Waals surface area contributed by atoms with Crippen molar-refractivity contribution in [3.05, 3.63) is 53.2 Å². The second kappa shape index (κ2) is 5.93. The molecule has 2 aromatic heterocycles. The third-order valence-electron chi connectivity index (χ3n) is 4.50. The summed E-state index contributed by atoms with van der Waals surface area (Å²) in [5, 5.41) is 23.3. The van der Waals surface area contributed by atoms with E-state index in [-0.39, 0.29) is 35.6 Å². The second-order valence-corrected chi connectivity index (χ2v) is 6.15. The van der Waals surface area contributed by atoms with Gasteiger partial charge in [0.05, 0.1) is 12.1 Å². The molecule has 0 spiro atoms. The first-order valence-corrected chi connectivity index (χ1v) is 7.92. The van der Waals surface area contributed by atoms with Crippen molar-refractivity contribution in [3.8, 4) is 6.07 Å². The molecule has 0 amide bonds. The molecule has 1 aliphatic rings. The molecular formula is C17H14F2N6O. The number of aromatic nitrogens is 3. The fourth-order valence-electron chi connectivity index (χ4n) is 3.34. The molecule has 4 rings (SSSR count). The van der Waals surface area contributed by atoms with Crippen LogP contribution in [0.1, 0.15) is 23.6 Å². The SMILES string of the molecule is N#Cc1c(N)nn2ccc(N3C[C@@H](O)C[C@H]3c3cc(F)ccc3F)nc12. The van der Waals surface area contributed by atoms with Gasteiger partial charge in [-0.15, -0.1) is 5.10 Å². The fraction of sp³-hybridized carbons (Fsp3) is 0.235. The Morgan fingerprint density at radius 1 is 1.31 bits per heavy atom. The van der Waals surface area contributed by atoms with Crippen molar-refractivity contribution < 1.29 is 13.9 Å². The number of aliphatic hydroxyl groups is 1. The average Bonchev–Trinajstić information content (AvgIpc) is 3.15. The molecule has 3 heterocycles. The van der Waals surface area contributed by atoms with Crippen LogP contribution in [0, 0.1) is 23.0 Å². The van der Waals surface area contributed by atoms with E-state index >= 15 is 0 Å². The van der Waals surface area contributed by atoms with Gasteiger partial charge in [0.15, 0.2) is 11.5 Å². The minimum atomic E-state index is -0.717. The molecule has 7 nitrogen and oxygen atoms in total. The van der Waals surface area contributed by atoms with E-state index in [9.17, 15) is 19.1 Å². The van der Waals surface area contributed by atoms with Crippen LogP contribution in [-0.2, 0) is 0 Å². The maximum absolute atomic E-state index is 14.2. The zero-order valence-electron chi connectivity index (χ0n) is 13.5. The molecule has 3 aromatic rings. The summed E-state index contributed by atoms with van der Waals surface area (Å²) < 4.78 is 29.2. The maximum Gasteiger partial charge on any atom is 0.177 e. The van der Waals surface area contributed by atoms with Crippen LogP contribution in [0.15, 0.2) is 30.5 Å². The standard InChI is InChI=1S/C17H14F2N6O/c18-9-1-2-13(19)11(5-9)14-6-10(26)8-24(14)15-3-4-25-17(22-15)12(7-20)16(21)23-25/h1-5,10,14,26H,6,8H2,(H2,21,23)/t10-,14-/m0/s1. The predicted molar refractivity (Wildman–Crippen MR) is 89.2 cm³/mol. The number of hydrogen-bond acceptors (Lipinski definition) is 6. The zero-order valence-corrected chi connectivity index (χ0v) is 13.5. The van der Waals surface area contributed by atoms with Crippen LogP contribution in [0.5, 0.6) is 0 Å². The smallest absolute Gasteiger partial charge is 0.177 e. The molecule has 0 unspecified atom stereocenters. The highest BCUT2D eigenvalue weighted by Gasteiger charge is 2.35. The molecule has 26 heavy (non-hydrogen) atoms. The van der Waals surface area contributed by atoms with Gasteiger partial charge in [0.25, 0.3) is 0 Å². The molecule has 1 aromatic carbocycles. The van der Waals surface area contributed by atoms with E-state index in [2.05, 4.69) is 10.1 Å². The Bertz CT molecular complexity index is 1040. The van der Waals surface area contributed by atoms with Crippen LogP contribution in [0.2, 0.25) is 0 Å². The third-order valence-corrected chi connectivity index (χ3v) is 4.50. The van der Waals surface area contributed by atoms with E-state index in [1.165, 1.54) is 4.52 Å². The summed E-state index contributed by atoms with van der Waals surface area (Å²) in [6.07, 6.45) is 1.10. The first-order valence-electron chi connectivity index (χ1n) is 7.92. The van der Waals surface area contributed by atoms with Crippen molar-refractivity contribution in [1.29, 1.82) is 5.26 Å². The molecule has 0 bridgehead atoms. The van der Waals surface area contributed by atoms with Crippen molar-refractivity contribution in [2.45, 2.75) is 18.6 Å². The maximum atomic E-state index is 14.2. The summed E-state index contributed by atoms with van der Waals surface area (Å²) in [6.45, 7) is 0.204. The highest BCUT2D eigenvalue weighted by Crippen LogP contribution is 2.37. The van der Waals surface area contributed by atoms with Gasteiger partial charge in [-0.25, -0.2) is 18.3 Å². The summed E-state index contributed by atoms with van der Waals surface area (Å²) in [6, 6.07) is 6.24. The Morgan fingerprint density at radius 3 is 2.88 bits per heavy atom. The molecule has 1 saturated heterocycles. The van der Waals surface area contributed by atoms with Gasteiger partial charge in [-0.3, -0.25) is 0 Å². The van der Waals surface area contributed by atoms with Crippen molar-refractivity contribution >= 4 is 17.3 Å². The Hall–Kier alpha value is -3.25. The van der Waals surface area contributed by atoms with Crippen molar-refractivity contribution in [1.82, 2.24) is 14.6 Å². The average molecular weight is 356 g/mol. The monoisotopic (exact) mass is 356 g/mol. The number of nitriles is 1. The summed E-state index contributed by atoms with van der Waals surface area (Å²) in [7, 11) is 0. The summed E-state index contributed by atoms with van der Waals surface area (Å²) >= 11 is 0. The third kappa shape index (κ3) is 2.51. The lowest BCUT2D eigenvalue weighted by atomic mass is 10.0. The molecule has 3 N–H and O–H groups in total. The highest BCUT2D eigenvalue weighted by molar-refractivity contribution is 5.67. The van der Waals surface area contributed by atoms with Gasteiger partial charge in [0, 0.05) is 18.3 Å². The van der Waals surface area contributed by atoms with Crippen LogP contribution in [-0.4, -0.2) is 32.4 Å². The lowest BCUT2D eigenvalue weighted by Crippen LogP contribution is -2.26. The molecule has 0 radical (unpaired) electrons. The second-order valence-electron chi connectivity index (χ2n) is 6.15. The summed E-state index contributed by atoms with van der Waals surface area (Å²) in [5.41, 5.74) is 6.26. The molecular weight excluding hydrogens is 342 g/mol. The van der Waals surface area contributed by atoms with Crippen LogP contribution >= 0.6 is 0 Å². The van der Waals surface area contributed by atoms with Gasteiger partial charge in [-0.05, 0) is 30.7 Å². The van der Waals surface area contributed by atoms with Crippen LogP contribution in [0.4, 0.5) is 20.4 Å². The van der Waals surface area contributed by atoms with E-state index in [1.807, 2.05) is 6.07 Å². The van der Waals surface area contributed by atoms with Gasteiger partial charge >= 0.3 is 0 Å². The predicted octanol–water partition coefficient (Wildman–Crippen LogP) is 1.77. The quantitative estimate of drug-likeness (QED) is 0.725. The summed E-state index contributed by atoms with van der Waals surface area (Å²) in [5.74, 6) is -0.630. The number of hydrogen-bond donors (Lipinski definition) is 2. The molecule has 1 fully saturated rings. The number of nitrogens with two attached hydrogens (primary N) is 1. The minimum Gasteiger partial charge on any atom is -0.391 e. The van der Waals surface area contributed by atoms with Gasteiger partial charge < -0.3 is 15.7 Å².